The number of carbonyl (C=O) groups excluding carboxylic acids is 2. The molecular weight excluding hydrogens is 415 g/mol. The zero-order chi connectivity index (χ0) is 22.9. The molecule has 0 radical (unpaired) electrons. The Balaban J connectivity index is 1.37. The van der Waals surface area contributed by atoms with Gasteiger partial charge in [0.25, 0.3) is 0 Å². The first-order chi connectivity index (χ1) is 15.5. The molecule has 0 atom stereocenters. The summed E-state index contributed by atoms with van der Waals surface area (Å²) in [5.74, 6) is -0.674. The number of rotatable bonds is 8. The number of piperazine rings is 1. The summed E-state index contributed by atoms with van der Waals surface area (Å²) < 4.78 is 24.3. The fourth-order valence-electron chi connectivity index (χ4n) is 3.59. The lowest BCUT2D eigenvalue weighted by atomic mass is 10.2. The van der Waals surface area contributed by atoms with Crippen molar-refractivity contribution < 1.29 is 23.5 Å². The molecule has 0 saturated carbocycles. The minimum Gasteiger partial charge on any atom is -0.497 e. The number of anilines is 2. The number of benzene rings is 2. The van der Waals surface area contributed by atoms with Gasteiger partial charge < -0.3 is 25.0 Å². The fraction of sp³-hybridized carbons (Fsp3) is 0.391. The molecule has 2 aromatic carbocycles. The third-order valence-corrected chi connectivity index (χ3v) is 5.37. The summed E-state index contributed by atoms with van der Waals surface area (Å²) in [4.78, 5) is 28.6. The van der Waals surface area contributed by atoms with Crippen LogP contribution >= 0.6 is 0 Å². The predicted octanol–water partition coefficient (Wildman–Crippen LogP) is 2.11. The standard InChI is InChI=1S/C23H29FN4O4/c1-31-17-8-9-19(21(16-17)32-2)26-23(30)22(29)25-10-5-11-27-12-14-28(15-13-27)20-7-4-3-6-18(20)24/h3-4,6-9,16H,5,10-15H2,1-2H3,(H,25,29)(H,26,30). The lowest BCUT2D eigenvalue weighted by molar-refractivity contribution is -0.136. The molecule has 1 heterocycles. The van der Waals surface area contributed by atoms with Crippen LogP contribution < -0.4 is 25.0 Å². The number of nitrogens with one attached hydrogen (secondary N) is 2. The zero-order valence-electron chi connectivity index (χ0n) is 18.4. The second-order valence-electron chi connectivity index (χ2n) is 7.41. The molecule has 2 aromatic rings. The zero-order valence-corrected chi connectivity index (χ0v) is 18.4. The van der Waals surface area contributed by atoms with Gasteiger partial charge in [-0.1, -0.05) is 12.1 Å². The van der Waals surface area contributed by atoms with E-state index in [1.165, 1.54) is 20.3 Å². The fourth-order valence-corrected chi connectivity index (χ4v) is 3.59. The van der Waals surface area contributed by atoms with E-state index in [-0.39, 0.29) is 5.82 Å². The van der Waals surface area contributed by atoms with Crippen molar-refractivity contribution in [3.05, 3.63) is 48.3 Å². The third-order valence-electron chi connectivity index (χ3n) is 5.37. The van der Waals surface area contributed by atoms with E-state index < -0.39 is 11.8 Å². The van der Waals surface area contributed by atoms with Gasteiger partial charge in [0, 0.05) is 38.8 Å². The second kappa shape index (κ2) is 11.3. The molecule has 8 nitrogen and oxygen atoms in total. The van der Waals surface area contributed by atoms with Gasteiger partial charge in [-0.2, -0.15) is 0 Å². The van der Waals surface area contributed by atoms with Crippen molar-refractivity contribution in [3.63, 3.8) is 0 Å². The summed E-state index contributed by atoms with van der Waals surface area (Å²) in [5.41, 5.74) is 1.03. The van der Waals surface area contributed by atoms with E-state index in [1.54, 1.807) is 30.3 Å². The van der Waals surface area contributed by atoms with Gasteiger partial charge in [0.05, 0.1) is 25.6 Å². The molecule has 3 rings (SSSR count). The number of amides is 2. The van der Waals surface area contributed by atoms with E-state index in [2.05, 4.69) is 15.5 Å². The maximum Gasteiger partial charge on any atom is 0.313 e. The summed E-state index contributed by atoms with van der Waals surface area (Å²) in [7, 11) is 3.00. The van der Waals surface area contributed by atoms with Crippen LogP contribution in [0.1, 0.15) is 6.42 Å². The van der Waals surface area contributed by atoms with Crippen LogP contribution in [0.15, 0.2) is 42.5 Å². The number of nitrogens with zero attached hydrogens (tertiary/aromatic N) is 2. The van der Waals surface area contributed by atoms with Crippen molar-refractivity contribution in [1.82, 2.24) is 10.2 Å². The van der Waals surface area contributed by atoms with Gasteiger partial charge in [0.2, 0.25) is 0 Å². The van der Waals surface area contributed by atoms with Crippen LogP contribution in [-0.2, 0) is 9.59 Å². The minimum atomic E-state index is -0.757. The lowest BCUT2D eigenvalue weighted by Crippen LogP contribution is -2.47. The second-order valence-corrected chi connectivity index (χ2v) is 7.41. The number of carbonyl (C=O) groups is 2. The van der Waals surface area contributed by atoms with Crippen LogP contribution in [0, 0.1) is 5.82 Å². The van der Waals surface area contributed by atoms with E-state index in [9.17, 15) is 14.0 Å². The number of halogens is 1. The van der Waals surface area contributed by atoms with Crippen molar-refractivity contribution in [2.45, 2.75) is 6.42 Å². The van der Waals surface area contributed by atoms with Crippen LogP contribution in [0.4, 0.5) is 15.8 Å². The summed E-state index contributed by atoms with van der Waals surface area (Å²) in [6.07, 6.45) is 0.713. The monoisotopic (exact) mass is 444 g/mol. The maximum atomic E-state index is 13.9. The number of methoxy groups -OCH3 is 2. The average Bonchev–Trinajstić information content (AvgIpc) is 2.82. The van der Waals surface area contributed by atoms with E-state index in [1.807, 2.05) is 11.0 Å². The molecule has 1 fully saturated rings. The predicted molar refractivity (Wildman–Crippen MR) is 121 cm³/mol. The summed E-state index contributed by atoms with van der Waals surface area (Å²) >= 11 is 0. The van der Waals surface area contributed by atoms with E-state index in [4.69, 9.17) is 9.47 Å². The van der Waals surface area contributed by atoms with Crippen LogP contribution in [0.3, 0.4) is 0 Å². The SMILES string of the molecule is COc1ccc(NC(=O)C(=O)NCCCN2CCN(c3ccccc3F)CC2)c(OC)c1. The first kappa shape index (κ1) is 23.3. The Labute approximate surface area is 187 Å². The molecule has 0 unspecified atom stereocenters. The molecule has 0 bridgehead atoms. The molecule has 32 heavy (non-hydrogen) atoms. The number of para-hydroxylation sites is 1. The molecule has 2 amide bonds. The molecule has 172 valence electrons. The Morgan fingerprint density at radius 2 is 1.75 bits per heavy atom. The van der Waals surface area contributed by atoms with Gasteiger partial charge in [-0.05, 0) is 37.2 Å². The van der Waals surface area contributed by atoms with Gasteiger partial charge in [-0.15, -0.1) is 0 Å². The van der Waals surface area contributed by atoms with Gasteiger partial charge in [-0.3, -0.25) is 14.5 Å². The van der Waals surface area contributed by atoms with Crippen molar-refractivity contribution in [3.8, 4) is 11.5 Å². The Morgan fingerprint density at radius 1 is 1.00 bits per heavy atom. The van der Waals surface area contributed by atoms with Crippen LogP contribution in [0.25, 0.3) is 0 Å². The topological polar surface area (TPSA) is 83.1 Å². The van der Waals surface area contributed by atoms with Gasteiger partial charge in [-0.25, -0.2) is 4.39 Å². The Bertz CT molecular complexity index is 932. The molecule has 0 spiro atoms. The highest BCUT2D eigenvalue weighted by molar-refractivity contribution is 6.39. The molecule has 1 aliphatic rings. The van der Waals surface area contributed by atoms with Crippen LogP contribution in [0.2, 0.25) is 0 Å². The van der Waals surface area contributed by atoms with E-state index in [0.717, 1.165) is 32.7 Å². The Morgan fingerprint density at radius 3 is 2.44 bits per heavy atom. The first-order valence-corrected chi connectivity index (χ1v) is 10.5. The van der Waals surface area contributed by atoms with Crippen LogP contribution in [-0.4, -0.2) is 70.2 Å². The Hall–Kier alpha value is -3.33. The maximum absolute atomic E-state index is 13.9. The normalized spacial score (nSPS) is 14.0. The first-order valence-electron chi connectivity index (χ1n) is 10.5. The number of hydrogen-bond donors (Lipinski definition) is 2. The average molecular weight is 445 g/mol. The molecule has 0 aromatic heterocycles. The minimum absolute atomic E-state index is 0.200. The van der Waals surface area contributed by atoms with E-state index in [0.29, 0.717) is 35.8 Å². The number of ether oxygens (including phenoxy) is 2. The van der Waals surface area contributed by atoms with Gasteiger partial charge in [0.1, 0.15) is 17.3 Å². The molecule has 2 N–H and O–H groups in total. The van der Waals surface area contributed by atoms with Crippen molar-refractivity contribution in [1.29, 1.82) is 0 Å². The summed E-state index contributed by atoms with van der Waals surface area (Å²) in [6, 6.07) is 11.7. The summed E-state index contributed by atoms with van der Waals surface area (Å²) in [6.45, 7) is 4.32. The molecule has 0 aliphatic carbocycles. The van der Waals surface area contributed by atoms with E-state index >= 15 is 0 Å². The molecule has 9 heteroatoms. The molecule has 1 saturated heterocycles. The Kier molecular flexibility index (Phi) is 8.27. The highest BCUT2D eigenvalue weighted by atomic mass is 19.1. The van der Waals surface area contributed by atoms with Gasteiger partial charge in [0.15, 0.2) is 0 Å². The third kappa shape index (κ3) is 6.10. The summed E-state index contributed by atoms with van der Waals surface area (Å²) in [5, 5.41) is 5.19. The van der Waals surface area contributed by atoms with Crippen molar-refractivity contribution >= 4 is 23.2 Å². The lowest BCUT2D eigenvalue weighted by Gasteiger charge is -2.36. The largest absolute Gasteiger partial charge is 0.497 e. The number of hydrogen-bond acceptors (Lipinski definition) is 6. The van der Waals surface area contributed by atoms with Crippen LogP contribution in [0.5, 0.6) is 11.5 Å². The van der Waals surface area contributed by atoms with Crippen molar-refractivity contribution in [2.75, 3.05) is 63.7 Å². The van der Waals surface area contributed by atoms with Crippen molar-refractivity contribution in [2.24, 2.45) is 0 Å². The smallest absolute Gasteiger partial charge is 0.313 e. The molecule has 1 aliphatic heterocycles. The van der Waals surface area contributed by atoms with Gasteiger partial charge >= 0.3 is 11.8 Å². The highest BCUT2D eigenvalue weighted by Gasteiger charge is 2.19. The highest BCUT2D eigenvalue weighted by Crippen LogP contribution is 2.28. The molecular formula is C23H29FN4O4. The quantitative estimate of drug-likeness (QED) is 0.479.